The van der Waals surface area contributed by atoms with Gasteiger partial charge in [0, 0.05) is 11.5 Å². The third-order valence-electron chi connectivity index (χ3n) is 3.46. The minimum absolute atomic E-state index is 0.0798. The average molecular weight is 333 g/mol. The van der Waals surface area contributed by atoms with Crippen LogP contribution in [0.2, 0.25) is 0 Å². The molecule has 2 heterocycles. The van der Waals surface area contributed by atoms with Gasteiger partial charge in [0.2, 0.25) is 0 Å². The molecule has 8 heteroatoms. The Morgan fingerprint density at radius 2 is 1.91 bits per heavy atom. The molecule has 0 unspecified atom stereocenters. The maximum absolute atomic E-state index is 10.8. The molecular formula is C15H15N3O4S. The van der Waals surface area contributed by atoms with Crippen LogP contribution in [-0.2, 0) is 4.79 Å². The number of carboxylic acids is 1. The smallest absolute Gasteiger partial charge is 0.313 e. The summed E-state index contributed by atoms with van der Waals surface area (Å²) in [5, 5.41) is 18.6. The Morgan fingerprint density at radius 3 is 2.57 bits per heavy atom. The van der Waals surface area contributed by atoms with Crippen LogP contribution in [0.4, 0.5) is 0 Å². The van der Waals surface area contributed by atoms with Crippen molar-refractivity contribution >= 4 is 34.3 Å². The van der Waals surface area contributed by atoms with E-state index in [9.17, 15) is 4.79 Å². The number of benzene rings is 1. The molecule has 7 nitrogen and oxygen atoms in total. The van der Waals surface area contributed by atoms with E-state index < -0.39 is 5.97 Å². The van der Waals surface area contributed by atoms with E-state index in [2.05, 4.69) is 10.2 Å². The molecule has 23 heavy (non-hydrogen) atoms. The highest BCUT2D eigenvalue weighted by atomic mass is 32.2. The average Bonchev–Trinajstić information content (AvgIpc) is 2.96. The fourth-order valence-electron chi connectivity index (χ4n) is 2.45. The van der Waals surface area contributed by atoms with Gasteiger partial charge < -0.3 is 14.6 Å². The Kier molecular flexibility index (Phi) is 3.99. The number of rotatable bonds is 5. The molecule has 120 valence electrons. The summed E-state index contributed by atoms with van der Waals surface area (Å²) in [6, 6.07) is 5.72. The second kappa shape index (κ2) is 5.96. The minimum Gasteiger partial charge on any atom is -0.493 e. The van der Waals surface area contributed by atoms with E-state index in [1.165, 1.54) is 0 Å². The van der Waals surface area contributed by atoms with E-state index in [1.54, 1.807) is 14.2 Å². The molecule has 0 aliphatic carbocycles. The molecule has 3 rings (SSSR count). The van der Waals surface area contributed by atoms with Crippen LogP contribution in [-0.4, -0.2) is 45.6 Å². The van der Waals surface area contributed by atoms with E-state index in [-0.39, 0.29) is 5.75 Å². The van der Waals surface area contributed by atoms with Gasteiger partial charge in [0.25, 0.3) is 0 Å². The number of thioether (sulfide) groups is 1. The van der Waals surface area contributed by atoms with E-state index in [1.807, 2.05) is 29.5 Å². The van der Waals surface area contributed by atoms with Gasteiger partial charge in [0.05, 0.1) is 25.5 Å². The van der Waals surface area contributed by atoms with Crippen LogP contribution in [0.5, 0.6) is 11.5 Å². The van der Waals surface area contributed by atoms with E-state index in [0.717, 1.165) is 28.2 Å². The number of carboxylic acid groups (broad SMARTS) is 1. The molecule has 0 amide bonds. The Bertz CT molecular complexity index is 907. The molecule has 0 aliphatic rings. The Morgan fingerprint density at radius 1 is 1.22 bits per heavy atom. The summed E-state index contributed by atoms with van der Waals surface area (Å²) in [5.41, 5.74) is 2.47. The van der Waals surface area contributed by atoms with E-state index >= 15 is 0 Å². The van der Waals surface area contributed by atoms with Gasteiger partial charge in [0.15, 0.2) is 22.3 Å². The van der Waals surface area contributed by atoms with Crippen molar-refractivity contribution in [3.05, 3.63) is 23.8 Å². The molecule has 0 saturated heterocycles. The molecule has 2 aromatic heterocycles. The van der Waals surface area contributed by atoms with Crippen LogP contribution in [0.15, 0.2) is 23.4 Å². The van der Waals surface area contributed by atoms with Crippen molar-refractivity contribution in [3.63, 3.8) is 0 Å². The highest BCUT2D eigenvalue weighted by Gasteiger charge is 2.16. The molecule has 0 bridgehead atoms. The second-order valence-electron chi connectivity index (χ2n) is 4.92. The molecule has 0 saturated carbocycles. The summed E-state index contributed by atoms with van der Waals surface area (Å²) in [4.78, 5) is 10.8. The number of aryl methyl sites for hydroxylation is 1. The van der Waals surface area contributed by atoms with Gasteiger partial charge in [-0.15, -0.1) is 10.2 Å². The minimum atomic E-state index is -0.900. The van der Waals surface area contributed by atoms with Gasteiger partial charge >= 0.3 is 5.97 Å². The third-order valence-corrected chi connectivity index (χ3v) is 4.37. The van der Waals surface area contributed by atoms with Crippen molar-refractivity contribution < 1.29 is 19.4 Å². The Labute approximate surface area is 136 Å². The van der Waals surface area contributed by atoms with Crippen molar-refractivity contribution in [2.45, 2.75) is 12.1 Å². The molecule has 0 radical (unpaired) electrons. The number of hydrogen-bond donors (Lipinski definition) is 1. The first-order valence-corrected chi connectivity index (χ1v) is 7.78. The van der Waals surface area contributed by atoms with Crippen molar-refractivity contribution in [2.75, 3.05) is 20.0 Å². The normalized spacial score (nSPS) is 11.1. The number of pyridine rings is 1. The fourth-order valence-corrected chi connectivity index (χ4v) is 3.12. The second-order valence-corrected chi connectivity index (χ2v) is 5.86. The molecule has 0 atom stereocenters. The zero-order chi connectivity index (χ0) is 16.6. The zero-order valence-electron chi connectivity index (χ0n) is 12.9. The monoisotopic (exact) mass is 333 g/mol. The van der Waals surface area contributed by atoms with Crippen LogP contribution in [0.25, 0.3) is 16.6 Å². The number of aliphatic carboxylic acids is 1. The topological polar surface area (TPSA) is 86.0 Å². The number of aromatic nitrogens is 3. The van der Waals surface area contributed by atoms with Gasteiger partial charge in [-0.05, 0) is 24.6 Å². The summed E-state index contributed by atoms with van der Waals surface area (Å²) in [6.45, 7) is 1.94. The lowest BCUT2D eigenvalue weighted by Gasteiger charge is -2.12. The lowest BCUT2D eigenvalue weighted by Crippen LogP contribution is -2.00. The predicted molar refractivity (Wildman–Crippen MR) is 86.7 cm³/mol. The summed E-state index contributed by atoms with van der Waals surface area (Å²) in [5.74, 6) is 0.242. The van der Waals surface area contributed by atoms with Crippen LogP contribution < -0.4 is 9.47 Å². The summed E-state index contributed by atoms with van der Waals surface area (Å²) in [6.07, 6.45) is 0. The number of carbonyl (C=O) groups is 1. The standard InChI is InChI=1S/C15H15N3O4S/c1-8-4-9-5-11(21-2)12(22-3)6-10(9)18-14(8)16-17-15(18)23-7-13(19)20/h4-6H,7H2,1-3H3,(H,19,20). The van der Waals surface area contributed by atoms with Crippen LogP contribution >= 0.6 is 11.8 Å². The number of fused-ring (bicyclic) bond motifs is 3. The first kappa shape index (κ1) is 15.4. The SMILES string of the molecule is COc1cc2cc(C)c3nnc(SCC(=O)O)n3c2cc1OC. The largest absolute Gasteiger partial charge is 0.493 e. The summed E-state index contributed by atoms with van der Waals surface area (Å²) in [7, 11) is 3.16. The fraction of sp³-hybridized carbons (Fsp3) is 0.267. The van der Waals surface area contributed by atoms with Crippen molar-refractivity contribution in [3.8, 4) is 11.5 Å². The molecule has 1 aromatic carbocycles. The molecule has 0 fully saturated rings. The van der Waals surface area contributed by atoms with E-state index in [0.29, 0.717) is 22.3 Å². The van der Waals surface area contributed by atoms with Gasteiger partial charge in [-0.2, -0.15) is 0 Å². The first-order chi connectivity index (χ1) is 11.0. The Balaban J connectivity index is 2.30. The van der Waals surface area contributed by atoms with Gasteiger partial charge in [-0.1, -0.05) is 11.8 Å². The zero-order valence-corrected chi connectivity index (χ0v) is 13.7. The molecule has 0 spiro atoms. The molecule has 3 aromatic rings. The lowest BCUT2D eigenvalue weighted by molar-refractivity contribution is -0.133. The van der Waals surface area contributed by atoms with Crippen molar-refractivity contribution in [1.82, 2.24) is 14.6 Å². The van der Waals surface area contributed by atoms with Crippen LogP contribution in [0.1, 0.15) is 5.56 Å². The summed E-state index contributed by atoms with van der Waals surface area (Å²) < 4.78 is 12.5. The number of hydrogen-bond acceptors (Lipinski definition) is 6. The summed E-state index contributed by atoms with van der Waals surface area (Å²) >= 11 is 1.13. The number of nitrogens with zero attached hydrogens (tertiary/aromatic N) is 3. The molecule has 1 N–H and O–H groups in total. The maximum Gasteiger partial charge on any atom is 0.313 e. The number of ether oxygens (including phenoxy) is 2. The molecular weight excluding hydrogens is 318 g/mol. The van der Waals surface area contributed by atoms with Crippen molar-refractivity contribution in [2.24, 2.45) is 0 Å². The van der Waals surface area contributed by atoms with Crippen LogP contribution in [0.3, 0.4) is 0 Å². The van der Waals surface area contributed by atoms with Gasteiger partial charge in [-0.25, -0.2) is 0 Å². The predicted octanol–water partition coefficient (Wildman–Crippen LogP) is 2.38. The highest BCUT2D eigenvalue weighted by molar-refractivity contribution is 7.99. The van der Waals surface area contributed by atoms with Crippen LogP contribution in [0, 0.1) is 6.92 Å². The van der Waals surface area contributed by atoms with E-state index in [4.69, 9.17) is 14.6 Å². The highest BCUT2D eigenvalue weighted by Crippen LogP contribution is 2.34. The van der Waals surface area contributed by atoms with Crippen molar-refractivity contribution in [1.29, 1.82) is 0 Å². The molecule has 0 aliphatic heterocycles. The first-order valence-electron chi connectivity index (χ1n) is 6.80. The lowest BCUT2D eigenvalue weighted by atomic mass is 10.1. The van der Waals surface area contributed by atoms with Gasteiger partial charge in [0.1, 0.15) is 0 Å². The third kappa shape index (κ3) is 2.65. The quantitative estimate of drug-likeness (QED) is 0.717. The number of methoxy groups -OCH3 is 2. The maximum atomic E-state index is 10.8. The Hall–Kier alpha value is -2.48. The van der Waals surface area contributed by atoms with Gasteiger partial charge in [-0.3, -0.25) is 9.20 Å².